The third-order valence-electron chi connectivity index (χ3n) is 3.15. The van der Waals surface area contributed by atoms with Gasteiger partial charge in [0.15, 0.2) is 5.78 Å². The highest BCUT2D eigenvalue weighted by atomic mass is 16.1. The van der Waals surface area contributed by atoms with E-state index < -0.39 is 0 Å². The van der Waals surface area contributed by atoms with Crippen LogP contribution in [0.2, 0.25) is 0 Å². The van der Waals surface area contributed by atoms with Crippen molar-refractivity contribution in [2.24, 2.45) is 0 Å². The Labute approximate surface area is 104 Å². The second-order valence-corrected chi connectivity index (χ2v) is 5.65. The highest BCUT2D eigenvalue weighted by molar-refractivity contribution is 5.83. The first kappa shape index (κ1) is 13.9. The van der Waals surface area contributed by atoms with Crippen LogP contribution in [0.3, 0.4) is 0 Å². The topological polar surface area (TPSA) is 29.1 Å². The Kier molecular flexibility index (Phi) is 4.10. The van der Waals surface area contributed by atoms with Gasteiger partial charge in [0.25, 0.3) is 0 Å². The van der Waals surface area contributed by atoms with Crippen molar-refractivity contribution in [2.75, 3.05) is 7.05 Å². The summed E-state index contributed by atoms with van der Waals surface area (Å²) in [6, 6.07) is 6.20. The number of nitrogens with one attached hydrogen (secondary N) is 1. The molecule has 1 rings (SSSR count). The van der Waals surface area contributed by atoms with Gasteiger partial charge < -0.3 is 5.32 Å². The largest absolute Gasteiger partial charge is 0.307 e. The first-order valence-electron chi connectivity index (χ1n) is 6.06. The number of aryl methyl sites for hydroxylation is 1. The number of carbonyl (C=O) groups excluding carboxylic acids is 1. The Morgan fingerprint density at radius 1 is 1.29 bits per heavy atom. The molecule has 0 saturated heterocycles. The Bertz CT molecular complexity index is 415. The van der Waals surface area contributed by atoms with E-state index in [-0.39, 0.29) is 17.2 Å². The van der Waals surface area contributed by atoms with Gasteiger partial charge >= 0.3 is 0 Å². The third kappa shape index (κ3) is 3.16. The molecule has 0 heterocycles. The van der Waals surface area contributed by atoms with E-state index in [1.165, 1.54) is 5.56 Å². The number of likely N-dealkylation sites (N-methyl/N-ethyl adjacent to an activating group) is 1. The van der Waals surface area contributed by atoms with Gasteiger partial charge in [-0.25, -0.2) is 0 Å². The van der Waals surface area contributed by atoms with E-state index in [2.05, 4.69) is 51.2 Å². The van der Waals surface area contributed by atoms with Crippen LogP contribution in [0.4, 0.5) is 0 Å². The zero-order valence-corrected chi connectivity index (χ0v) is 11.7. The van der Waals surface area contributed by atoms with E-state index in [4.69, 9.17) is 0 Å². The van der Waals surface area contributed by atoms with Crippen molar-refractivity contribution >= 4 is 5.78 Å². The molecule has 94 valence electrons. The van der Waals surface area contributed by atoms with Crippen molar-refractivity contribution in [3.05, 3.63) is 34.9 Å². The maximum Gasteiger partial charge on any atom is 0.151 e. The Morgan fingerprint density at radius 2 is 1.88 bits per heavy atom. The van der Waals surface area contributed by atoms with E-state index in [0.717, 1.165) is 11.1 Å². The lowest BCUT2D eigenvalue weighted by molar-refractivity contribution is -0.119. The van der Waals surface area contributed by atoms with Crippen LogP contribution >= 0.6 is 0 Å². The van der Waals surface area contributed by atoms with Crippen LogP contribution in [0, 0.1) is 6.92 Å². The molecule has 0 aromatic heterocycles. The van der Waals surface area contributed by atoms with Crippen molar-refractivity contribution in [3.8, 4) is 0 Å². The van der Waals surface area contributed by atoms with E-state index in [9.17, 15) is 4.79 Å². The summed E-state index contributed by atoms with van der Waals surface area (Å²) in [7, 11) is 1.83. The lowest BCUT2D eigenvalue weighted by Gasteiger charge is -2.23. The summed E-state index contributed by atoms with van der Waals surface area (Å²) < 4.78 is 0. The first-order chi connectivity index (χ1) is 7.77. The lowest BCUT2D eigenvalue weighted by Crippen LogP contribution is -2.25. The minimum atomic E-state index is -0.197. The predicted molar refractivity (Wildman–Crippen MR) is 72.4 cm³/mol. The summed E-state index contributed by atoms with van der Waals surface area (Å²) in [4.78, 5) is 11.6. The van der Waals surface area contributed by atoms with Crippen molar-refractivity contribution < 1.29 is 4.79 Å². The van der Waals surface area contributed by atoms with Crippen LogP contribution in [0.1, 0.15) is 50.4 Å². The van der Waals surface area contributed by atoms with Gasteiger partial charge in [0.1, 0.15) is 0 Å². The van der Waals surface area contributed by atoms with Gasteiger partial charge in [-0.15, -0.1) is 0 Å². The molecule has 0 bridgehead atoms. The molecule has 1 unspecified atom stereocenters. The van der Waals surface area contributed by atoms with Crippen LogP contribution in [-0.4, -0.2) is 12.8 Å². The molecular formula is C15H23NO. The van der Waals surface area contributed by atoms with Crippen molar-refractivity contribution in [1.82, 2.24) is 5.32 Å². The second-order valence-electron chi connectivity index (χ2n) is 5.65. The number of Topliss-reactive ketones (excluding diaryl/α,β-unsaturated/α-hetero) is 1. The van der Waals surface area contributed by atoms with Gasteiger partial charge in [0.2, 0.25) is 0 Å². The second kappa shape index (κ2) is 5.01. The van der Waals surface area contributed by atoms with Crippen LogP contribution in [0.25, 0.3) is 0 Å². The average Bonchev–Trinajstić information content (AvgIpc) is 2.19. The standard InChI is InChI=1S/C15H23NO/c1-10-7-8-12(15(3,4)5)9-13(10)14(16-6)11(2)17/h7-9,14,16H,1-6H3. The first-order valence-corrected chi connectivity index (χ1v) is 6.06. The van der Waals surface area contributed by atoms with Crippen molar-refractivity contribution in [3.63, 3.8) is 0 Å². The number of rotatable bonds is 3. The predicted octanol–water partition coefficient (Wildman–Crippen LogP) is 3.14. The number of hydrogen-bond acceptors (Lipinski definition) is 2. The van der Waals surface area contributed by atoms with E-state index in [1.807, 2.05) is 7.05 Å². The third-order valence-corrected chi connectivity index (χ3v) is 3.15. The van der Waals surface area contributed by atoms with Crippen LogP contribution in [-0.2, 0) is 10.2 Å². The fourth-order valence-corrected chi connectivity index (χ4v) is 2.00. The summed E-state index contributed by atoms with van der Waals surface area (Å²) in [6.07, 6.45) is 0. The highest BCUT2D eigenvalue weighted by Gasteiger charge is 2.20. The van der Waals surface area contributed by atoms with Gasteiger partial charge in [-0.1, -0.05) is 39.0 Å². The monoisotopic (exact) mass is 233 g/mol. The molecule has 1 N–H and O–H groups in total. The van der Waals surface area contributed by atoms with Gasteiger partial charge in [0, 0.05) is 0 Å². The molecule has 1 aromatic carbocycles. The Balaban J connectivity index is 3.28. The molecule has 0 spiro atoms. The molecule has 0 amide bonds. The van der Waals surface area contributed by atoms with Crippen molar-refractivity contribution in [2.45, 2.75) is 46.1 Å². The summed E-state index contributed by atoms with van der Waals surface area (Å²) in [6.45, 7) is 10.2. The molecule has 1 atom stereocenters. The van der Waals surface area contributed by atoms with Gasteiger partial charge in [-0.05, 0) is 43.0 Å². The van der Waals surface area contributed by atoms with Crippen molar-refractivity contribution in [1.29, 1.82) is 0 Å². The maximum atomic E-state index is 11.6. The van der Waals surface area contributed by atoms with E-state index in [0.29, 0.717) is 0 Å². The summed E-state index contributed by atoms with van der Waals surface area (Å²) in [5.41, 5.74) is 3.62. The molecule has 2 heteroatoms. The van der Waals surface area contributed by atoms with Gasteiger partial charge in [0.05, 0.1) is 6.04 Å². The number of carbonyl (C=O) groups is 1. The molecule has 1 aromatic rings. The molecule has 0 radical (unpaired) electrons. The zero-order chi connectivity index (χ0) is 13.2. The summed E-state index contributed by atoms with van der Waals surface area (Å²) >= 11 is 0. The Hall–Kier alpha value is -1.15. The van der Waals surface area contributed by atoms with Crippen LogP contribution in [0.15, 0.2) is 18.2 Å². The van der Waals surface area contributed by atoms with E-state index in [1.54, 1.807) is 6.92 Å². The van der Waals surface area contributed by atoms with Gasteiger partial charge in [-0.3, -0.25) is 4.79 Å². The Morgan fingerprint density at radius 3 is 2.29 bits per heavy atom. The fraction of sp³-hybridized carbons (Fsp3) is 0.533. The molecule has 2 nitrogen and oxygen atoms in total. The summed E-state index contributed by atoms with van der Waals surface area (Å²) in [5.74, 6) is 0.154. The SMILES string of the molecule is CNC(C(C)=O)c1cc(C(C)(C)C)ccc1C. The van der Waals surface area contributed by atoms with Crippen LogP contribution < -0.4 is 5.32 Å². The quantitative estimate of drug-likeness (QED) is 0.869. The number of benzene rings is 1. The van der Waals surface area contributed by atoms with Gasteiger partial charge in [-0.2, -0.15) is 0 Å². The smallest absolute Gasteiger partial charge is 0.151 e. The van der Waals surface area contributed by atoms with Crippen LogP contribution in [0.5, 0.6) is 0 Å². The zero-order valence-electron chi connectivity index (χ0n) is 11.7. The molecule has 0 aliphatic carbocycles. The lowest BCUT2D eigenvalue weighted by atomic mass is 9.84. The molecule has 0 fully saturated rings. The summed E-state index contributed by atoms with van der Waals surface area (Å²) in [5, 5.41) is 3.09. The normalized spacial score (nSPS) is 13.5. The minimum absolute atomic E-state index is 0.109. The number of hydrogen-bond donors (Lipinski definition) is 1. The molecule has 0 aliphatic rings. The molecular weight excluding hydrogens is 210 g/mol. The minimum Gasteiger partial charge on any atom is -0.307 e. The highest BCUT2D eigenvalue weighted by Crippen LogP contribution is 2.27. The molecule has 0 aliphatic heterocycles. The number of ketones is 1. The molecule has 17 heavy (non-hydrogen) atoms. The van der Waals surface area contributed by atoms with E-state index >= 15 is 0 Å². The maximum absolute atomic E-state index is 11.6. The molecule has 0 saturated carbocycles. The average molecular weight is 233 g/mol. The fourth-order valence-electron chi connectivity index (χ4n) is 2.00.